The van der Waals surface area contributed by atoms with Gasteiger partial charge >= 0.3 is 11.9 Å². The zero-order valence-electron chi connectivity index (χ0n) is 19.5. The molecule has 2 atom stereocenters. The number of benzene rings is 1. The summed E-state index contributed by atoms with van der Waals surface area (Å²) in [5, 5.41) is 20.0. The molecule has 0 fully saturated rings. The maximum Gasteiger partial charge on any atom is 0.328 e. The molecule has 0 aliphatic heterocycles. The molecule has 7 N–H and O–H groups in total. The SMILES string of the molecule is CC(C)C[C@H](N)C(=O)N(C(=O)c1ccc(/C=C/C(=O)O)cc1)C(=O)[C@H](CCC(=O)O)NC(=O)CN. The predicted octanol–water partition coefficient (Wildman–Crippen LogP) is -0.0385. The summed E-state index contributed by atoms with van der Waals surface area (Å²) >= 11 is 0. The Morgan fingerprint density at radius 3 is 2.11 bits per heavy atom. The Morgan fingerprint density at radius 2 is 1.63 bits per heavy atom. The summed E-state index contributed by atoms with van der Waals surface area (Å²) in [6.45, 7) is 3.08. The van der Waals surface area contributed by atoms with E-state index in [4.69, 9.17) is 21.7 Å². The number of amides is 4. The van der Waals surface area contributed by atoms with Crippen LogP contribution in [0.3, 0.4) is 0 Å². The van der Waals surface area contributed by atoms with Gasteiger partial charge in [-0.1, -0.05) is 26.0 Å². The van der Waals surface area contributed by atoms with Crippen LogP contribution in [0, 0.1) is 5.92 Å². The lowest BCUT2D eigenvalue weighted by atomic mass is 10.0. The Balaban J connectivity index is 3.39. The number of rotatable bonds is 12. The van der Waals surface area contributed by atoms with Crippen molar-refractivity contribution in [3.8, 4) is 0 Å². The molecule has 35 heavy (non-hydrogen) atoms. The molecule has 190 valence electrons. The molecule has 0 radical (unpaired) electrons. The summed E-state index contributed by atoms with van der Waals surface area (Å²) in [5.41, 5.74) is 11.6. The van der Waals surface area contributed by atoms with E-state index in [1.807, 2.05) is 0 Å². The molecule has 4 amide bonds. The van der Waals surface area contributed by atoms with Gasteiger partial charge in [0, 0.05) is 18.1 Å². The first-order valence-corrected chi connectivity index (χ1v) is 10.8. The van der Waals surface area contributed by atoms with Crippen molar-refractivity contribution in [3.05, 3.63) is 41.5 Å². The third kappa shape index (κ3) is 9.47. The molecular formula is C23H30N4O8. The van der Waals surface area contributed by atoms with Gasteiger partial charge in [-0.05, 0) is 42.5 Å². The minimum absolute atomic E-state index is 0.0407. The number of imide groups is 3. The molecule has 0 spiro atoms. The van der Waals surface area contributed by atoms with Crippen LogP contribution in [0.1, 0.15) is 49.0 Å². The van der Waals surface area contributed by atoms with Gasteiger partial charge in [-0.25, -0.2) is 9.69 Å². The van der Waals surface area contributed by atoms with Crippen molar-refractivity contribution in [3.63, 3.8) is 0 Å². The van der Waals surface area contributed by atoms with Crippen molar-refractivity contribution in [2.24, 2.45) is 17.4 Å². The van der Waals surface area contributed by atoms with Crippen LogP contribution in [0.25, 0.3) is 6.08 Å². The molecule has 1 aromatic rings. The quantitative estimate of drug-likeness (QED) is 0.247. The molecule has 1 aromatic carbocycles. The lowest BCUT2D eigenvalue weighted by molar-refractivity contribution is -0.145. The highest BCUT2D eigenvalue weighted by Gasteiger charge is 2.37. The first kappa shape index (κ1) is 29.1. The number of carboxylic acid groups (broad SMARTS) is 2. The Hall–Kier alpha value is -3.90. The van der Waals surface area contributed by atoms with Gasteiger partial charge in [0.15, 0.2) is 0 Å². The second kappa shape index (κ2) is 13.7. The summed E-state index contributed by atoms with van der Waals surface area (Å²) < 4.78 is 0. The lowest BCUT2D eigenvalue weighted by Gasteiger charge is -2.27. The van der Waals surface area contributed by atoms with E-state index >= 15 is 0 Å². The maximum atomic E-state index is 13.3. The Bertz CT molecular complexity index is 988. The normalized spacial score (nSPS) is 12.7. The summed E-state index contributed by atoms with van der Waals surface area (Å²) in [4.78, 5) is 73.5. The highest BCUT2D eigenvalue weighted by Crippen LogP contribution is 2.15. The van der Waals surface area contributed by atoms with Crippen LogP contribution in [0.15, 0.2) is 30.3 Å². The molecule has 0 aliphatic rings. The topological polar surface area (TPSA) is 210 Å². The molecule has 0 heterocycles. The molecule has 0 saturated heterocycles. The van der Waals surface area contributed by atoms with E-state index in [9.17, 15) is 28.8 Å². The van der Waals surface area contributed by atoms with Crippen molar-refractivity contribution in [1.82, 2.24) is 10.2 Å². The number of hydrogen-bond donors (Lipinski definition) is 5. The highest BCUT2D eigenvalue weighted by molar-refractivity contribution is 6.18. The molecule has 0 saturated carbocycles. The molecule has 0 bridgehead atoms. The number of aliphatic carboxylic acids is 2. The number of nitrogens with zero attached hydrogens (tertiary/aromatic N) is 1. The van der Waals surface area contributed by atoms with E-state index < -0.39 is 67.0 Å². The van der Waals surface area contributed by atoms with Crippen molar-refractivity contribution in [1.29, 1.82) is 0 Å². The van der Waals surface area contributed by atoms with E-state index in [2.05, 4.69) is 5.32 Å². The molecule has 0 aliphatic carbocycles. The van der Waals surface area contributed by atoms with Gasteiger partial charge in [-0.15, -0.1) is 0 Å². The van der Waals surface area contributed by atoms with E-state index in [-0.39, 0.29) is 17.9 Å². The van der Waals surface area contributed by atoms with Crippen LogP contribution < -0.4 is 16.8 Å². The largest absolute Gasteiger partial charge is 0.481 e. The highest BCUT2D eigenvalue weighted by atomic mass is 16.4. The zero-order valence-corrected chi connectivity index (χ0v) is 19.5. The van der Waals surface area contributed by atoms with Crippen LogP contribution in [0.4, 0.5) is 0 Å². The minimum Gasteiger partial charge on any atom is -0.481 e. The van der Waals surface area contributed by atoms with Gasteiger partial charge in [0.2, 0.25) is 5.91 Å². The number of nitrogens with two attached hydrogens (primary N) is 2. The third-order valence-electron chi connectivity index (χ3n) is 4.73. The van der Waals surface area contributed by atoms with Crippen molar-refractivity contribution < 1.29 is 39.0 Å². The number of nitrogens with one attached hydrogen (secondary N) is 1. The fourth-order valence-corrected chi connectivity index (χ4v) is 3.05. The van der Waals surface area contributed by atoms with Crippen LogP contribution in [-0.4, -0.2) is 69.3 Å². The first-order chi connectivity index (χ1) is 16.4. The molecule has 12 nitrogen and oxygen atoms in total. The average Bonchev–Trinajstić information content (AvgIpc) is 2.79. The monoisotopic (exact) mass is 490 g/mol. The van der Waals surface area contributed by atoms with E-state index in [1.54, 1.807) is 13.8 Å². The number of hydrogen-bond acceptors (Lipinski definition) is 8. The van der Waals surface area contributed by atoms with Crippen molar-refractivity contribution >= 4 is 41.6 Å². The van der Waals surface area contributed by atoms with Gasteiger partial charge in [0.1, 0.15) is 6.04 Å². The van der Waals surface area contributed by atoms with Gasteiger partial charge < -0.3 is 27.0 Å². The van der Waals surface area contributed by atoms with Crippen molar-refractivity contribution in [2.45, 2.75) is 45.2 Å². The Morgan fingerprint density at radius 1 is 1.03 bits per heavy atom. The molecular weight excluding hydrogens is 460 g/mol. The lowest BCUT2D eigenvalue weighted by Crippen LogP contribution is -2.57. The predicted molar refractivity (Wildman–Crippen MR) is 125 cm³/mol. The summed E-state index contributed by atoms with van der Waals surface area (Å²) in [7, 11) is 0. The van der Waals surface area contributed by atoms with Gasteiger partial charge in [0.05, 0.1) is 12.6 Å². The smallest absolute Gasteiger partial charge is 0.328 e. The van der Waals surface area contributed by atoms with E-state index in [0.29, 0.717) is 10.5 Å². The average molecular weight is 491 g/mol. The van der Waals surface area contributed by atoms with Gasteiger partial charge in [0.25, 0.3) is 17.7 Å². The fraction of sp³-hybridized carbons (Fsp3) is 0.391. The Labute approximate surface area is 201 Å². The van der Waals surface area contributed by atoms with E-state index in [1.165, 1.54) is 30.3 Å². The van der Waals surface area contributed by atoms with E-state index in [0.717, 1.165) is 6.08 Å². The molecule has 0 aromatic heterocycles. The van der Waals surface area contributed by atoms with Crippen LogP contribution in [-0.2, 0) is 24.0 Å². The van der Waals surface area contributed by atoms with Gasteiger partial charge in [-0.3, -0.25) is 24.0 Å². The summed E-state index contributed by atoms with van der Waals surface area (Å²) in [6, 6.07) is 2.66. The third-order valence-corrected chi connectivity index (χ3v) is 4.73. The molecule has 12 heteroatoms. The number of carbonyl (C=O) groups is 6. The standard InChI is InChI=1S/C23H30N4O8/c1-13(2)11-16(25)22(34)27(23(35)17(8-10-20(31)32)26-18(28)12-24)21(33)15-6-3-14(4-7-15)5-9-19(29)30/h3-7,9,13,16-17H,8,10-12,24-25H2,1-2H3,(H,26,28)(H,29,30)(H,31,32)/b9-5+/t16-,17-/m0/s1. The second-order valence-electron chi connectivity index (χ2n) is 8.10. The summed E-state index contributed by atoms with van der Waals surface area (Å²) in [6.07, 6.45) is 1.42. The second-order valence-corrected chi connectivity index (χ2v) is 8.10. The minimum atomic E-state index is -1.51. The number of carboxylic acids is 2. The zero-order chi connectivity index (χ0) is 26.7. The fourth-order valence-electron chi connectivity index (χ4n) is 3.05. The van der Waals surface area contributed by atoms with Crippen molar-refractivity contribution in [2.75, 3.05) is 6.54 Å². The van der Waals surface area contributed by atoms with Crippen LogP contribution >= 0.6 is 0 Å². The Kier molecular flexibility index (Phi) is 11.4. The molecule has 0 unspecified atom stereocenters. The first-order valence-electron chi connectivity index (χ1n) is 10.8. The van der Waals surface area contributed by atoms with Crippen LogP contribution in [0.5, 0.6) is 0 Å². The number of carbonyl (C=O) groups excluding carboxylic acids is 4. The molecule has 1 rings (SSSR count). The van der Waals surface area contributed by atoms with Gasteiger partial charge in [-0.2, -0.15) is 0 Å². The van der Waals surface area contributed by atoms with Crippen LogP contribution in [0.2, 0.25) is 0 Å². The maximum absolute atomic E-state index is 13.3. The summed E-state index contributed by atoms with van der Waals surface area (Å²) in [5.74, 6) is -6.43.